The molecule has 28 heavy (non-hydrogen) atoms. The van der Waals surface area contributed by atoms with Gasteiger partial charge in [-0.05, 0) is 37.0 Å². The minimum Gasteiger partial charge on any atom is -0.322 e. The zero-order valence-corrected chi connectivity index (χ0v) is 17.5. The number of carbonyl (C=O) groups excluding carboxylic acids is 1. The molecule has 7 heteroatoms. The largest absolute Gasteiger partial charge is 0.322 e. The van der Waals surface area contributed by atoms with Gasteiger partial charge in [-0.15, -0.1) is 17.0 Å². The fourth-order valence-electron chi connectivity index (χ4n) is 3.17. The first-order valence-corrected chi connectivity index (χ1v) is 9.26. The number of Topliss-reactive ketones (excluding diaryl/α,β-unsaturated/α-hetero) is 1. The van der Waals surface area contributed by atoms with Crippen LogP contribution in [-0.4, -0.2) is 29.6 Å². The monoisotopic (exact) mass is 445 g/mol. The summed E-state index contributed by atoms with van der Waals surface area (Å²) in [5, 5.41) is 11.0. The number of nitro benzene ring substituents is 1. The molecule has 0 spiro atoms. The molecule has 148 valence electrons. The predicted octanol–water partition coefficient (Wildman–Crippen LogP) is 5.01. The molecule has 0 fully saturated rings. The molecular weight excluding hydrogens is 422 g/mol. The van der Waals surface area contributed by atoms with E-state index in [1.54, 1.807) is 12.1 Å². The SMILES string of the molecule is Br.CCc1ccc(N(CC(=O)c2cccc([N+](=O)[O-])c2)C2=NCCCC2)cc1. The lowest BCUT2D eigenvalue weighted by Crippen LogP contribution is -2.37. The molecular formula is C21H24BrN3O3. The molecule has 0 radical (unpaired) electrons. The van der Waals surface area contributed by atoms with Crippen molar-refractivity contribution in [3.8, 4) is 0 Å². The Morgan fingerprint density at radius 1 is 1.18 bits per heavy atom. The summed E-state index contributed by atoms with van der Waals surface area (Å²) in [5.74, 6) is 0.746. The Labute approximate surface area is 175 Å². The van der Waals surface area contributed by atoms with Gasteiger partial charge in [-0.1, -0.05) is 31.2 Å². The molecule has 1 aliphatic heterocycles. The molecule has 0 saturated heterocycles. The van der Waals surface area contributed by atoms with Gasteiger partial charge in [0.1, 0.15) is 5.84 Å². The average Bonchev–Trinajstić information content (AvgIpc) is 2.72. The number of nitro groups is 1. The van der Waals surface area contributed by atoms with Gasteiger partial charge in [0.05, 0.1) is 11.5 Å². The van der Waals surface area contributed by atoms with Gasteiger partial charge in [-0.3, -0.25) is 19.9 Å². The van der Waals surface area contributed by atoms with Crippen molar-refractivity contribution in [3.63, 3.8) is 0 Å². The van der Waals surface area contributed by atoms with Crippen LogP contribution in [0.25, 0.3) is 0 Å². The number of anilines is 1. The van der Waals surface area contributed by atoms with Crippen LogP contribution >= 0.6 is 17.0 Å². The van der Waals surface area contributed by atoms with E-state index in [1.807, 2.05) is 17.0 Å². The summed E-state index contributed by atoms with van der Waals surface area (Å²) >= 11 is 0. The van der Waals surface area contributed by atoms with Crippen molar-refractivity contribution in [2.75, 3.05) is 18.0 Å². The second-order valence-corrected chi connectivity index (χ2v) is 6.59. The molecule has 0 amide bonds. The lowest BCUT2D eigenvalue weighted by atomic mass is 10.1. The fourth-order valence-corrected chi connectivity index (χ4v) is 3.17. The molecule has 1 aliphatic rings. The molecule has 6 nitrogen and oxygen atoms in total. The first kappa shape index (κ1) is 21.8. The highest BCUT2D eigenvalue weighted by Gasteiger charge is 2.21. The Hall–Kier alpha value is -2.54. The summed E-state index contributed by atoms with van der Waals surface area (Å²) in [4.78, 5) is 29.9. The summed E-state index contributed by atoms with van der Waals surface area (Å²) in [5.41, 5.74) is 2.42. The second kappa shape index (κ2) is 10.1. The van der Waals surface area contributed by atoms with Gasteiger partial charge < -0.3 is 4.90 Å². The number of hydrogen-bond acceptors (Lipinski definition) is 5. The highest BCUT2D eigenvalue weighted by molar-refractivity contribution is 8.93. The number of aliphatic imine (C=N–C) groups is 1. The number of rotatable bonds is 6. The van der Waals surface area contributed by atoms with Crippen molar-refractivity contribution < 1.29 is 9.72 Å². The third-order valence-electron chi connectivity index (χ3n) is 4.75. The number of halogens is 1. The van der Waals surface area contributed by atoms with Crippen LogP contribution in [0.5, 0.6) is 0 Å². The molecule has 2 aromatic rings. The van der Waals surface area contributed by atoms with Crippen molar-refractivity contribution >= 4 is 40.0 Å². The van der Waals surface area contributed by atoms with E-state index in [0.717, 1.165) is 43.8 Å². The van der Waals surface area contributed by atoms with Crippen LogP contribution in [0.1, 0.15) is 42.1 Å². The number of aryl methyl sites for hydroxylation is 1. The Bertz CT molecular complexity index is 865. The number of benzene rings is 2. The first-order valence-electron chi connectivity index (χ1n) is 9.26. The Balaban J connectivity index is 0.00000280. The topological polar surface area (TPSA) is 75.8 Å². The van der Waals surface area contributed by atoms with Crippen LogP contribution in [0.4, 0.5) is 11.4 Å². The minimum atomic E-state index is -0.483. The van der Waals surface area contributed by atoms with Crippen molar-refractivity contribution in [1.82, 2.24) is 0 Å². The van der Waals surface area contributed by atoms with Gasteiger partial charge in [-0.2, -0.15) is 0 Å². The van der Waals surface area contributed by atoms with Gasteiger partial charge in [0, 0.05) is 36.3 Å². The van der Waals surface area contributed by atoms with E-state index in [4.69, 9.17) is 0 Å². The van der Waals surface area contributed by atoms with Gasteiger partial charge in [0.15, 0.2) is 5.78 Å². The third-order valence-corrected chi connectivity index (χ3v) is 4.75. The van der Waals surface area contributed by atoms with Crippen molar-refractivity contribution in [2.24, 2.45) is 4.99 Å². The molecule has 0 unspecified atom stereocenters. The molecule has 0 aliphatic carbocycles. The summed E-state index contributed by atoms with van der Waals surface area (Å²) in [6.45, 7) is 2.99. The number of hydrogen-bond donors (Lipinski definition) is 0. The molecule has 0 atom stereocenters. The van der Waals surface area contributed by atoms with E-state index < -0.39 is 4.92 Å². The number of carbonyl (C=O) groups is 1. The Kier molecular flexibility index (Phi) is 7.87. The molecule has 1 heterocycles. The maximum atomic E-state index is 12.8. The predicted molar refractivity (Wildman–Crippen MR) is 117 cm³/mol. The molecule has 2 aromatic carbocycles. The molecule has 0 aromatic heterocycles. The highest BCUT2D eigenvalue weighted by atomic mass is 79.9. The van der Waals surface area contributed by atoms with Crippen LogP contribution in [0, 0.1) is 10.1 Å². The van der Waals surface area contributed by atoms with Gasteiger partial charge in [-0.25, -0.2) is 0 Å². The number of nitrogens with zero attached hydrogens (tertiary/aromatic N) is 3. The van der Waals surface area contributed by atoms with Crippen LogP contribution in [0.15, 0.2) is 53.5 Å². The van der Waals surface area contributed by atoms with Crippen molar-refractivity contribution in [2.45, 2.75) is 32.6 Å². The van der Waals surface area contributed by atoms with Crippen molar-refractivity contribution in [3.05, 3.63) is 69.8 Å². The zero-order valence-electron chi connectivity index (χ0n) is 15.8. The van der Waals surface area contributed by atoms with Crippen LogP contribution < -0.4 is 4.90 Å². The van der Waals surface area contributed by atoms with Gasteiger partial charge in [0.2, 0.25) is 0 Å². The summed E-state index contributed by atoms with van der Waals surface area (Å²) < 4.78 is 0. The summed E-state index contributed by atoms with van der Waals surface area (Å²) in [6, 6.07) is 14.0. The zero-order chi connectivity index (χ0) is 19.2. The lowest BCUT2D eigenvalue weighted by Gasteiger charge is -2.28. The van der Waals surface area contributed by atoms with E-state index in [-0.39, 0.29) is 35.0 Å². The summed E-state index contributed by atoms with van der Waals surface area (Å²) in [6.07, 6.45) is 3.89. The second-order valence-electron chi connectivity index (χ2n) is 6.59. The van der Waals surface area contributed by atoms with Crippen LogP contribution in [-0.2, 0) is 6.42 Å². The van der Waals surface area contributed by atoms with Gasteiger partial charge >= 0.3 is 0 Å². The maximum absolute atomic E-state index is 12.8. The van der Waals surface area contributed by atoms with Crippen LogP contribution in [0.2, 0.25) is 0 Å². The normalized spacial score (nSPS) is 13.2. The first-order chi connectivity index (χ1) is 13.1. The van der Waals surface area contributed by atoms with E-state index >= 15 is 0 Å². The summed E-state index contributed by atoms with van der Waals surface area (Å²) in [7, 11) is 0. The van der Waals surface area contributed by atoms with Crippen LogP contribution in [0.3, 0.4) is 0 Å². The fraction of sp³-hybridized carbons (Fsp3) is 0.333. The number of ketones is 1. The molecule has 0 saturated carbocycles. The minimum absolute atomic E-state index is 0. The van der Waals surface area contributed by atoms with E-state index in [9.17, 15) is 14.9 Å². The number of non-ortho nitro benzene ring substituents is 1. The molecule has 0 bridgehead atoms. The Morgan fingerprint density at radius 2 is 1.93 bits per heavy atom. The molecule has 3 rings (SSSR count). The molecule has 0 N–H and O–H groups in total. The average molecular weight is 446 g/mol. The lowest BCUT2D eigenvalue weighted by molar-refractivity contribution is -0.384. The quantitative estimate of drug-likeness (QED) is 0.355. The number of amidine groups is 1. The Morgan fingerprint density at radius 3 is 2.54 bits per heavy atom. The van der Waals surface area contributed by atoms with Crippen molar-refractivity contribution in [1.29, 1.82) is 0 Å². The maximum Gasteiger partial charge on any atom is 0.270 e. The van der Waals surface area contributed by atoms with E-state index in [0.29, 0.717) is 5.56 Å². The third kappa shape index (κ3) is 5.25. The smallest absolute Gasteiger partial charge is 0.270 e. The standard InChI is InChI=1S/C21H23N3O3.BrH/c1-2-16-9-11-18(12-10-16)23(21-8-3-4-13-22-21)15-20(25)17-6-5-7-19(14-17)24(26)27;/h5-7,9-12,14H,2-4,8,13,15H2,1H3;1H. The van der Waals surface area contributed by atoms with Gasteiger partial charge in [0.25, 0.3) is 5.69 Å². The highest BCUT2D eigenvalue weighted by Crippen LogP contribution is 2.22. The van der Waals surface area contributed by atoms with E-state index in [2.05, 4.69) is 24.0 Å². The van der Waals surface area contributed by atoms with E-state index in [1.165, 1.54) is 17.7 Å².